The van der Waals surface area contributed by atoms with Crippen molar-refractivity contribution in [2.24, 2.45) is 0 Å². The van der Waals surface area contributed by atoms with Gasteiger partial charge in [-0.3, -0.25) is 14.6 Å². The molecule has 2 amide bonds. The lowest BCUT2D eigenvalue weighted by Crippen LogP contribution is -2.68. The van der Waals surface area contributed by atoms with Gasteiger partial charge in [0.1, 0.15) is 5.54 Å². The lowest BCUT2D eigenvalue weighted by atomic mass is 9.81. The second-order valence-corrected chi connectivity index (χ2v) is 11.1. The molecule has 2 fully saturated rings. The molecule has 37 heavy (non-hydrogen) atoms. The van der Waals surface area contributed by atoms with Gasteiger partial charge in [0, 0.05) is 29.8 Å². The van der Waals surface area contributed by atoms with Crippen LogP contribution in [0.5, 0.6) is 0 Å². The van der Waals surface area contributed by atoms with E-state index in [1.165, 1.54) is 6.08 Å². The first-order valence-electron chi connectivity index (χ1n) is 12.0. The molecule has 3 heterocycles. The summed E-state index contributed by atoms with van der Waals surface area (Å²) in [6, 6.07) is 14.8. The number of benzene rings is 2. The van der Waals surface area contributed by atoms with Gasteiger partial charge in [-0.2, -0.15) is 0 Å². The maximum atomic E-state index is 13.6. The highest BCUT2D eigenvalue weighted by Gasteiger charge is 2.47. The molecule has 0 aliphatic carbocycles. The second kappa shape index (κ2) is 10.9. The van der Waals surface area contributed by atoms with E-state index < -0.39 is 5.54 Å². The van der Waals surface area contributed by atoms with E-state index in [0.717, 1.165) is 47.2 Å². The summed E-state index contributed by atoms with van der Waals surface area (Å²) in [7, 11) is 0. The molecule has 0 saturated carbocycles. The second-order valence-electron chi connectivity index (χ2n) is 9.33. The summed E-state index contributed by atoms with van der Waals surface area (Å²) >= 11 is 15.6. The zero-order chi connectivity index (χ0) is 26.0. The van der Waals surface area contributed by atoms with Crippen LogP contribution in [0, 0.1) is 0 Å². The van der Waals surface area contributed by atoms with Crippen LogP contribution in [0.3, 0.4) is 0 Å². The summed E-state index contributed by atoms with van der Waals surface area (Å²) < 4.78 is 0.944. The van der Waals surface area contributed by atoms with E-state index >= 15 is 0 Å². The van der Waals surface area contributed by atoms with Crippen LogP contribution < -0.4 is 10.2 Å². The number of carbonyl (C=O) groups is 2. The Hall–Kier alpha value is -2.87. The van der Waals surface area contributed by atoms with Gasteiger partial charge < -0.3 is 15.1 Å². The van der Waals surface area contributed by atoms with Crippen molar-refractivity contribution in [3.8, 4) is 0 Å². The molecule has 2 aliphatic rings. The summed E-state index contributed by atoms with van der Waals surface area (Å²) in [5.74, 6) is -0.319. The molecule has 6 nitrogen and oxygen atoms in total. The van der Waals surface area contributed by atoms with Crippen molar-refractivity contribution in [3.05, 3.63) is 98.2 Å². The van der Waals surface area contributed by atoms with E-state index in [1.54, 1.807) is 47.6 Å². The fourth-order valence-corrected chi connectivity index (χ4v) is 5.40. The molecule has 1 N–H and O–H groups in total. The van der Waals surface area contributed by atoms with Crippen LogP contribution in [0.15, 0.2) is 71.5 Å². The fraction of sp³-hybridized carbons (Fsp3) is 0.250. The number of aromatic nitrogens is 1. The molecule has 0 radical (unpaired) electrons. The molecule has 5 rings (SSSR count). The third kappa shape index (κ3) is 5.54. The van der Waals surface area contributed by atoms with Crippen molar-refractivity contribution in [3.63, 3.8) is 0 Å². The smallest absolute Gasteiger partial charge is 0.254 e. The standard InChI is InChI=1S/C28H25BrCl2N4O2/c29-21-7-5-20(6-8-21)28(33-27(37)22-11-12-32-16-25(22)34-13-1-2-14-34)17-35(18-28)26(36)10-4-19-3-9-23(30)24(31)15-19/h3-12,15-16H,1-2,13-14,17-18H2,(H,33,37)/b10-4+. The Bertz CT molecular complexity index is 1350. The van der Waals surface area contributed by atoms with Gasteiger partial charge in [0.15, 0.2) is 0 Å². The third-order valence-electron chi connectivity index (χ3n) is 6.84. The van der Waals surface area contributed by atoms with Gasteiger partial charge in [0.2, 0.25) is 5.91 Å². The van der Waals surface area contributed by atoms with Crippen molar-refractivity contribution in [2.45, 2.75) is 18.4 Å². The van der Waals surface area contributed by atoms with Crippen LogP contribution in [-0.4, -0.2) is 47.9 Å². The lowest BCUT2D eigenvalue weighted by Gasteiger charge is -2.50. The van der Waals surface area contributed by atoms with Gasteiger partial charge in [-0.15, -0.1) is 0 Å². The average molecular weight is 600 g/mol. The van der Waals surface area contributed by atoms with Crippen LogP contribution in [0.1, 0.15) is 34.3 Å². The number of nitrogens with one attached hydrogen (secondary N) is 1. The highest BCUT2D eigenvalue weighted by molar-refractivity contribution is 9.10. The lowest BCUT2D eigenvalue weighted by molar-refractivity contribution is -0.134. The molecule has 2 saturated heterocycles. The predicted molar refractivity (Wildman–Crippen MR) is 151 cm³/mol. The molecular formula is C28H25BrCl2N4O2. The molecule has 2 aliphatic heterocycles. The fourth-order valence-electron chi connectivity index (χ4n) is 4.83. The van der Waals surface area contributed by atoms with Crippen LogP contribution >= 0.6 is 39.1 Å². The monoisotopic (exact) mass is 598 g/mol. The Balaban J connectivity index is 1.36. The molecule has 9 heteroatoms. The number of halogens is 3. The number of hydrogen-bond donors (Lipinski definition) is 1. The molecule has 3 aromatic rings. The van der Waals surface area contributed by atoms with Gasteiger partial charge >= 0.3 is 0 Å². The molecule has 190 valence electrons. The molecular weight excluding hydrogens is 575 g/mol. The summed E-state index contributed by atoms with van der Waals surface area (Å²) in [6.07, 6.45) is 8.84. The van der Waals surface area contributed by atoms with Gasteiger partial charge in [0.05, 0.1) is 40.6 Å². The maximum absolute atomic E-state index is 13.6. The number of rotatable bonds is 6. The summed E-state index contributed by atoms with van der Waals surface area (Å²) in [6.45, 7) is 2.54. The molecule has 0 atom stereocenters. The molecule has 2 aromatic carbocycles. The quantitative estimate of drug-likeness (QED) is 0.357. The zero-order valence-corrected chi connectivity index (χ0v) is 23.1. The Morgan fingerprint density at radius 1 is 1.00 bits per heavy atom. The molecule has 0 spiro atoms. The highest BCUT2D eigenvalue weighted by atomic mass is 79.9. The maximum Gasteiger partial charge on any atom is 0.254 e. The number of nitrogens with zero attached hydrogens (tertiary/aromatic N) is 3. The van der Waals surface area contributed by atoms with E-state index in [-0.39, 0.29) is 11.8 Å². The third-order valence-corrected chi connectivity index (χ3v) is 8.10. The Morgan fingerprint density at radius 2 is 1.73 bits per heavy atom. The predicted octanol–water partition coefficient (Wildman–Crippen LogP) is 5.93. The van der Waals surface area contributed by atoms with E-state index in [4.69, 9.17) is 23.2 Å². The van der Waals surface area contributed by atoms with E-state index in [2.05, 4.69) is 31.1 Å². The van der Waals surface area contributed by atoms with Crippen molar-refractivity contribution in [2.75, 3.05) is 31.1 Å². The van der Waals surface area contributed by atoms with Crippen molar-refractivity contribution in [1.82, 2.24) is 15.2 Å². The first-order chi connectivity index (χ1) is 17.8. The van der Waals surface area contributed by atoms with Gasteiger partial charge in [-0.05, 0) is 60.4 Å². The minimum absolute atomic E-state index is 0.144. The Kier molecular flexibility index (Phi) is 7.56. The topological polar surface area (TPSA) is 65.5 Å². The summed E-state index contributed by atoms with van der Waals surface area (Å²) in [5.41, 5.74) is 2.47. The normalized spacial score (nSPS) is 16.6. The van der Waals surface area contributed by atoms with Gasteiger partial charge in [0.25, 0.3) is 5.91 Å². The van der Waals surface area contributed by atoms with Gasteiger partial charge in [-0.25, -0.2) is 0 Å². The highest BCUT2D eigenvalue weighted by Crippen LogP contribution is 2.34. The van der Waals surface area contributed by atoms with Crippen LogP contribution in [-0.2, 0) is 10.3 Å². The van der Waals surface area contributed by atoms with Crippen molar-refractivity contribution < 1.29 is 9.59 Å². The molecule has 1 aromatic heterocycles. The van der Waals surface area contributed by atoms with Crippen LogP contribution in [0.2, 0.25) is 10.0 Å². The SMILES string of the molecule is O=C(NC1(c2ccc(Br)cc2)CN(C(=O)/C=C/c2ccc(Cl)c(Cl)c2)C1)c1ccncc1N1CCCC1. The number of hydrogen-bond acceptors (Lipinski definition) is 4. The Morgan fingerprint density at radius 3 is 2.43 bits per heavy atom. The van der Waals surface area contributed by atoms with Crippen molar-refractivity contribution >= 4 is 62.7 Å². The number of carbonyl (C=O) groups excluding carboxylic acids is 2. The minimum Gasteiger partial charge on any atom is -0.370 e. The summed E-state index contributed by atoms with van der Waals surface area (Å²) in [5, 5.41) is 4.15. The Labute approximate surface area is 234 Å². The number of amides is 2. The first-order valence-corrected chi connectivity index (χ1v) is 13.6. The van der Waals surface area contributed by atoms with Gasteiger partial charge in [-0.1, -0.05) is 57.3 Å². The van der Waals surface area contributed by atoms with Crippen LogP contribution in [0.4, 0.5) is 5.69 Å². The van der Waals surface area contributed by atoms with E-state index in [9.17, 15) is 9.59 Å². The molecule has 0 bridgehead atoms. The van der Waals surface area contributed by atoms with Crippen LogP contribution in [0.25, 0.3) is 6.08 Å². The molecule has 0 unspecified atom stereocenters. The van der Waals surface area contributed by atoms with Crippen molar-refractivity contribution in [1.29, 1.82) is 0 Å². The number of anilines is 1. The average Bonchev–Trinajstić information content (AvgIpc) is 3.42. The number of pyridine rings is 1. The first kappa shape index (κ1) is 25.8. The summed E-state index contributed by atoms with van der Waals surface area (Å²) in [4.78, 5) is 34.7. The number of likely N-dealkylation sites (tertiary alicyclic amines) is 1. The van der Waals surface area contributed by atoms with E-state index in [0.29, 0.717) is 28.7 Å². The zero-order valence-electron chi connectivity index (χ0n) is 20.0. The minimum atomic E-state index is -0.698. The largest absolute Gasteiger partial charge is 0.370 e. The van der Waals surface area contributed by atoms with E-state index in [1.807, 2.05) is 24.3 Å².